The van der Waals surface area contributed by atoms with Crippen LogP contribution in [0.2, 0.25) is 0 Å². The zero-order valence-corrected chi connectivity index (χ0v) is 31.9. The zero-order valence-electron chi connectivity index (χ0n) is 26.8. The minimum absolute atomic E-state index is 0. The van der Waals surface area contributed by atoms with Crippen molar-refractivity contribution in [2.75, 3.05) is 0 Å². The molecule has 0 saturated heterocycles. The van der Waals surface area contributed by atoms with E-state index in [0.29, 0.717) is 18.0 Å². The molecule has 7 rings (SSSR count). The summed E-state index contributed by atoms with van der Waals surface area (Å²) in [5, 5.41) is 0. The second kappa shape index (κ2) is 19.6. The number of hydrogen-bond donors (Lipinski definition) is 0. The molecule has 2 unspecified atom stereocenters. The van der Waals surface area contributed by atoms with Gasteiger partial charge in [0, 0.05) is 0 Å². The molecule has 2 aliphatic rings. The van der Waals surface area contributed by atoms with E-state index in [4.69, 9.17) is 0 Å². The molecule has 2 aliphatic carbocycles. The van der Waals surface area contributed by atoms with Gasteiger partial charge in [-0.25, -0.2) is 12.1 Å². The summed E-state index contributed by atoms with van der Waals surface area (Å²) in [6.45, 7) is 4.44. The Hall–Kier alpha value is -1.96. The molecule has 0 bridgehead atoms. The van der Waals surface area contributed by atoms with Crippen LogP contribution < -0.4 is 24.8 Å². The fourth-order valence-corrected chi connectivity index (χ4v) is 9.24. The minimum atomic E-state index is 0. The molecule has 45 heavy (non-hydrogen) atoms. The van der Waals surface area contributed by atoms with Crippen molar-refractivity contribution in [1.29, 1.82) is 0 Å². The van der Waals surface area contributed by atoms with Crippen LogP contribution in [0.15, 0.2) is 115 Å². The van der Waals surface area contributed by atoms with Crippen LogP contribution in [0.5, 0.6) is 0 Å². The molecule has 5 aromatic carbocycles. The molecule has 234 valence electrons. The van der Waals surface area contributed by atoms with Crippen LogP contribution in [0, 0.1) is 13.8 Å². The van der Waals surface area contributed by atoms with Gasteiger partial charge in [0.15, 0.2) is 0 Å². The third-order valence-corrected chi connectivity index (χ3v) is 11.2. The topological polar surface area (TPSA) is 0 Å². The molecule has 0 nitrogen and oxygen atoms in total. The predicted molar refractivity (Wildman–Crippen MR) is 183 cm³/mol. The van der Waals surface area contributed by atoms with E-state index in [1.54, 1.807) is 45.6 Å². The Kier molecular flexibility index (Phi) is 16.4. The monoisotopic (exact) mass is 726 g/mol. The molecule has 0 fully saturated rings. The van der Waals surface area contributed by atoms with Gasteiger partial charge in [0.1, 0.15) is 0 Å². The summed E-state index contributed by atoms with van der Waals surface area (Å²) < 4.78 is 0. The standard InChI is InChI=1S/2C17H19.C7H8Si.2ClH.Zr/c2*1-13-11-15-9-5-6-10-16(17(15)12-13)14-7-3-2-4-8-14;8-6-7-4-2-1-3-5-7;;;/h2*2-4,7-8,11-12,16H,5-6,9-10H2,1H3;1-5,8H,6H2;2*1H;/q2*-1;;;;+2/p-2. The Balaban J connectivity index is 0.000000189. The Morgan fingerprint density at radius 1 is 0.600 bits per heavy atom. The van der Waals surface area contributed by atoms with E-state index in [1.807, 2.05) is 0 Å². The van der Waals surface area contributed by atoms with Gasteiger partial charge in [-0.3, -0.25) is 0 Å². The van der Waals surface area contributed by atoms with Gasteiger partial charge in [0.2, 0.25) is 0 Å². The predicted octanol–water partition coefficient (Wildman–Crippen LogP) is 4.24. The third kappa shape index (κ3) is 10.8. The number of aryl methyl sites for hydroxylation is 4. The summed E-state index contributed by atoms with van der Waals surface area (Å²) >= 11 is 1.72. The van der Waals surface area contributed by atoms with Gasteiger partial charge in [-0.15, -0.1) is 0 Å². The number of rotatable bonds is 4. The van der Waals surface area contributed by atoms with Crippen LogP contribution in [0.4, 0.5) is 0 Å². The average molecular weight is 729 g/mol. The van der Waals surface area contributed by atoms with E-state index >= 15 is 0 Å². The first-order valence-electron chi connectivity index (χ1n) is 16.3. The van der Waals surface area contributed by atoms with Crippen LogP contribution in [-0.2, 0) is 42.2 Å². The molecule has 0 saturated carbocycles. The summed E-state index contributed by atoms with van der Waals surface area (Å²) in [5.41, 5.74) is 13.7. The van der Waals surface area contributed by atoms with Crippen molar-refractivity contribution in [2.24, 2.45) is 0 Å². The fraction of sp³-hybridized carbons (Fsp3) is 0.317. The average Bonchev–Trinajstić information content (AvgIpc) is 3.45. The van der Waals surface area contributed by atoms with Gasteiger partial charge in [0.05, 0.1) is 0 Å². The maximum absolute atomic E-state index is 2.40. The van der Waals surface area contributed by atoms with Crippen LogP contribution in [0.1, 0.15) is 100 Å². The summed E-state index contributed by atoms with van der Waals surface area (Å²) in [6, 6.07) is 43.6. The van der Waals surface area contributed by atoms with E-state index in [2.05, 4.69) is 129 Å². The number of benzene rings is 3. The Labute approximate surface area is 300 Å². The number of halogens is 2. The quantitative estimate of drug-likeness (QED) is 0.148. The van der Waals surface area contributed by atoms with Gasteiger partial charge in [-0.1, -0.05) is 137 Å². The first-order chi connectivity index (χ1) is 21.1. The normalized spacial score (nSPS) is 16.7. The molecular formula is C41H46Cl2SiZr-2. The van der Waals surface area contributed by atoms with Crippen molar-refractivity contribution < 1.29 is 48.1 Å². The second-order valence-corrected chi connectivity index (χ2v) is 16.2. The first kappa shape index (κ1) is 37.5. The van der Waals surface area contributed by atoms with Crippen LogP contribution in [-0.4, -0.2) is 6.16 Å². The fourth-order valence-electron chi connectivity index (χ4n) is 6.99. The van der Waals surface area contributed by atoms with Crippen LogP contribution in [0.25, 0.3) is 0 Å². The van der Waals surface area contributed by atoms with Crippen molar-refractivity contribution in [3.63, 3.8) is 0 Å². The molecule has 4 heteroatoms. The summed E-state index contributed by atoms with van der Waals surface area (Å²) in [5.74, 6) is 1.25. The van der Waals surface area contributed by atoms with Gasteiger partial charge >= 0.3 is 71.4 Å². The molecule has 2 atom stereocenters. The Bertz CT molecular complexity index is 1440. The zero-order chi connectivity index (χ0) is 29.9. The second-order valence-electron chi connectivity index (χ2n) is 12.3. The number of fused-ring (bicyclic) bond motifs is 2. The molecule has 0 amide bonds. The number of hydrogen-bond acceptors (Lipinski definition) is 0. The van der Waals surface area contributed by atoms with Crippen molar-refractivity contribution in [1.82, 2.24) is 0 Å². The molecule has 0 N–H and O–H groups in total. The maximum atomic E-state index is 2.40. The molecular weight excluding hydrogens is 683 g/mol. The molecule has 5 aromatic rings. The van der Waals surface area contributed by atoms with E-state index in [9.17, 15) is 0 Å². The molecule has 0 spiro atoms. The van der Waals surface area contributed by atoms with E-state index < -0.39 is 0 Å². The van der Waals surface area contributed by atoms with E-state index in [-0.39, 0.29) is 24.8 Å². The third-order valence-electron chi connectivity index (χ3n) is 9.02. The molecule has 0 aromatic heterocycles. The van der Waals surface area contributed by atoms with Gasteiger partial charge in [-0.05, 0) is 11.8 Å². The summed E-state index contributed by atoms with van der Waals surface area (Å²) in [4.78, 5) is 0. The van der Waals surface area contributed by atoms with Gasteiger partial charge < -0.3 is 24.8 Å². The van der Waals surface area contributed by atoms with Crippen molar-refractivity contribution in [3.05, 3.63) is 165 Å². The van der Waals surface area contributed by atoms with E-state index in [1.165, 1.54) is 85.2 Å². The summed E-state index contributed by atoms with van der Waals surface area (Å²) in [6.07, 6.45) is 11.3. The van der Waals surface area contributed by atoms with Gasteiger partial charge in [-0.2, -0.15) is 45.5 Å². The molecule has 0 aliphatic heterocycles. The van der Waals surface area contributed by atoms with Crippen molar-refractivity contribution in [3.8, 4) is 0 Å². The van der Waals surface area contributed by atoms with E-state index in [0.717, 1.165) is 0 Å². The summed E-state index contributed by atoms with van der Waals surface area (Å²) in [7, 11) is 0. The molecule has 0 heterocycles. The SMILES string of the molecule is Cc1cc2c([cH-]1)CCCCC2c1ccccc1.Cc1cc2c([cH-]1)CCCCC2c1ccccc1.[Cl-].[Cl-].[Zr+2]=[SiH]Cc1ccccc1. The van der Waals surface area contributed by atoms with Crippen molar-refractivity contribution in [2.45, 2.75) is 83.1 Å². The molecule has 0 radical (unpaired) electrons. The first-order valence-corrected chi connectivity index (χ1v) is 21.9. The Morgan fingerprint density at radius 2 is 1.00 bits per heavy atom. The Morgan fingerprint density at radius 3 is 1.40 bits per heavy atom. The van der Waals surface area contributed by atoms with Crippen molar-refractivity contribution >= 4 is 6.16 Å². The van der Waals surface area contributed by atoms with Gasteiger partial charge in [0.25, 0.3) is 0 Å². The van der Waals surface area contributed by atoms with Crippen LogP contribution in [0.3, 0.4) is 0 Å². The van der Waals surface area contributed by atoms with Crippen LogP contribution >= 0.6 is 0 Å².